The molecule has 0 aliphatic carbocycles. The molecule has 0 bridgehead atoms. The summed E-state index contributed by atoms with van der Waals surface area (Å²) in [6, 6.07) is 8.08. The Balaban J connectivity index is 2.11. The van der Waals surface area contributed by atoms with Crippen molar-refractivity contribution in [1.29, 1.82) is 5.26 Å². The van der Waals surface area contributed by atoms with Gasteiger partial charge in [0.2, 0.25) is 0 Å². The van der Waals surface area contributed by atoms with Gasteiger partial charge in [-0.15, -0.1) is 0 Å². The molecule has 0 radical (unpaired) electrons. The Hall–Kier alpha value is -2.92. The number of rotatable bonds is 2. The van der Waals surface area contributed by atoms with Crippen LogP contribution in [0, 0.1) is 24.1 Å². The highest BCUT2D eigenvalue weighted by molar-refractivity contribution is 7.90. The number of hydrogen-bond donors (Lipinski definition) is 0. The summed E-state index contributed by atoms with van der Waals surface area (Å²) in [6.45, 7) is 1.50. The normalized spacial score (nSPS) is 15.1. The van der Waals surface area contributed by atoms with Gasteiger partial charge >= 0.3 is 0 Å². The molecule has 0 fully saturated rings. The molecule has 24 heavy (non-hydrogen) atoms. The predicted octanol–water partition coefficient (Wildman–Crippen LogP) is 2.57. The molecule has 0 unspecified atom stereocenters. The lowest BCUT2D eigenvalue weighted by molar-refractivity contribution is 0.0891. The Bertz CT molecular complexity index is 1030. The lowest BCUT2D eigenvalue weighted by Gasteiger charge is -2.12. The summed E-state index contributed by atoms with van der Waals surface area (Å²) in [5, 5.41) is 8.87. The van der Waals surface area contributed by atoms with Gasteiger partial charge in [0.1, 0.15) is 22.2 Å². The highest BCUT2D eigenvalue weighted by Gasteiger charge is 2.40. The van der Waals surface area contributed by atoms with Gasteiger partial charge in [0, 0.05) is 18.7 Å². The maximum Gasteiger partial charge on any atom is 0.268 e. The minimum atomic E-state index is -3.92. The van der Waals surface area contributed by atoms with Gasteiger partial charge in [0.05, 0.1) is 17.2 Å². The van der Waals surface area contributed by atoms with Crippen molar-refractivity contribution < 1.29 is 22.3 Å². The van der Waals surface area contributed by atoms with Crippen LogP contribution in [0.15, 0.2) is 35.2 Å². The molecule has 2 aromatic carbocycles. The van der Waals surface area contributed by atoms with Crippen LogP contribution in [0.4, 0.5) is 4.39 Å². The number of benzene rings is 2. The van der Waals surface area contributed by atoms with E-state index in [1.807, 2.05) is 6.07 Å². The number of fused-ring (bicyclic) bond motifs is 1. The number of hydrogen-bond acceptors (Lipinski definition) is 5. The molecule has 0 saturated carbocycles. The van der Waals surface area contributed by atoms with Crippen LogP contribution < -0.4 is 4.74 Å². The fourth-order valence-corrected chi connectivity index (χ4v) is 4.03. The highest BCUT2D eigenvalue weighted by atomic mass is 32.2. The molecule has 0 spiro atoms. The number of carbonyl (C=O) groups excluding carboxylic acids is 1. The molecular weight excluding hydrogens is 335 g/mol. The molecule has 1 aliphatic rings. The summed E-state index contributed by atoms with van der Waals surface area (Å²) in [6.07, 6.45) is 0. The number of nitrogens with zero attached hydrogens (tertiary/aromatic N) is 2. The van der Waals surface area contributed by atoms with Gasteiger partial charge in [-0.2, -0.15) is 5.26 Å². The Kier molecular flexibility index (Phi) is 3.53. The maximum absolute atomic E-state index is 13.5. The summed E-state index contributed by atoms with van der Waals surface area (Å²) in [5.74, 6) is -1.04. The zero-order valence-corrected chi connectivity index (χ0v) is 13.5. The van der Waals surface area contributed by atoms with E-state index in [2.05, 4.69) is 0 Å². The van der Waals surface area contributed by atoms with Crippen LogP contribution in [0.1, 0.15) is 21.5 Å². The highest BCUT2D eigenvalue weighted by Crippen LogP contribution is 2.37. The van der Waals surface area contributed by atoms with Gasteiger partial charge in [-0.25, -0.2) is 17.1 Å². The molecular formula is C16H11FN2O4S. The van der Waals surface area contributed by atoms with E-state index in [0.717, 1.165) is 12.1 Å². The molecule has 1 heterocycles. The summed E-state index contributed by atoms with van der Waals surface area (Å²) in [4.78, 5) is 11.9. The van der Waals surface area contributed by atoms with E-state index in [-0.39, 0.29) is 33.1 Å². The van der Waals surface area contributed by atoms with Gasteiger partial charge in [-0.05, 0) is 31.2 Å². The van der Waals surface area contributed by atoms with Crippen molar-refractivity contribution >= 4 is 15.9 Å². The molecule has 2 aromatic rings. The van der Waals surface area contributed by atoms with Gasteiger partial charge in [0.15, 0.2) is 0 Å². The van der Waals surface area contributed by atoms with Crippen LogP contribution in [0.25, 0.3) is 0 Å². The summed E-state index contributed by atoms with van der Waals surface area (Å²) < 4.78 is 44.3. The first-order valence-corrected chi connectivity index (χ1v) is 8.25. The van der Waals surface area contributed by atoms with E-state index in [1.165, 1.54) is 32.2 Å². The monoisotopic (exact) mass is 346 g/mol. The fourth-order valence-electron chi connectivity index (χ4n) is 2.51. The van der Waals surface area contributed by atoms with Crippen LogP contribution >= 0.6 is 0 Å². The zero-order valence-electron chi connectivity index (χ0n) is 12.7. The quantitative estimate of drug-likeness (QED) is 0.834. The Labute approximate surface area is 137 Å². The van der Waals surface area contributed by atoms with E-state index in [9.17, 15) is 17.6 Å². The minimum Gasteiger partial charge on any atom is -0.457 e. The average Bonchev–Trinajstić information content (AvgIpc) is 2.70. The Morgan fingerprint density at radius 1 is 1.25 bits per heavy atom. The molecule has 8 heteroatoms. The van der Waals surface area contributed by atoms with Gasteiger partial charge in [0.25, 0.3) is 15.9 Å². The fraction of sp³-hybridized carbons (Fsp3) is 0.125. The number of halogens is 1. The van der Waals surface area contributed by atoms with Crippen molar-refractivity contribution in [2.45, 2.75) is 11.8 Å². The lowest BCUT2D eigenvalue weighted by Crippen LogP contribution is -2.25. The molecule has 3 rings (SSSR count). The Morgan fingerprint density at radius 2 is 1.96 bits per heavy atom. The minimum absolute atomic E-state index is 0.0599. The molecule has 122 valence electrons. The average molecular weight is 346 g/mol. The molecule has 1 amide bonds. The number of carbonyl (C=O) groups is 1. The third-order valence-electron chi connectivity index (χ3n) is 3.72. The standard InChI is InChI=1S/C16H11FN2O4S/c1-9-14(23-12-6-10(8-18)5-11(17)7-12)4-3-13-15(9)24(21,22)19(2)16(13)20/h3-7H,1-2H3. The second-order valence-electron chi connectivity index (χ2n) is 5.23. The topological polar surface area (TPSA) is 87.5 Å². The van der Waals surface area contributed by atoms with Crippen LogP contribution in [0.3, 0.4) is 0 Å². The van der Waals surface area contributed by atoms with Crippen LogP contribution in [0.2, 0.25) is 0 Å². The molecule has 0 aromatic heterocycles. The lowest BCUT2D eigenvalue weighted by atomic mass is 10.1. The number of sulfonamides is 1. The summed E-state index contributed by atoms with van der Waals surface area (Å²) >= 11 is 0. The molecule has 0 saturated heterocycles. The molecule has 0 atom stereocenters. The van der Waals surface area contributed by atoms with Crippen molar-refractivity contribution in [3.8, 4) is 17.6 Å². The zero-order chi connectivity index (χ0) is 17.6. The van der Waals surface area contributed by atoms with Crippen molar-refractivity contribution in [3.63, 3.8) is 0 Å². The van der Waals surface area contributed by atoms with Crippen molar-refractivity contribution in [2.24, 2.45) is 0 Å². The Morgan fingerprint density at radius 3 is 2.62 bits per heavy atom. The third kappa shape index (κ3) is 2.30. The van der Waals surface area contributed by atoms with E-state index in [0.29, 0.717) is 4.31 Å². The second-order valence-corrected chi connectivity index (χ2v) is 7.14. The number of nitriles is 1. The van der Waals surface area contributed by atoms with Gasteiger partial charge in [-0.3, -0.25) is 4.79 Å². The second kappa shape index (κ2) is 5.32. The third-order valence-corrected chi connectivity index (χ3v) is 5.65. The van der Waals surface area contributed by atoms with Crippen molar-refractivity contribution in [3.05, 3.63) is 52.8 Å². The summed E-state index contributed by atoms with van der Waals surface area (Å²) in [7, 11) is -2.74. The van der Waals surface area contributed by atoms with Gasteiger partial charge in [-0.1, -0.05) is 0 Å². The van der Waals surface area contributed by atoms with Crippen LogP contribution in [-0.2, 0) is 10.0 Å². The van der Waals surface area contributed by atoms with Crippen LogP contribution in [-0.4, -0.2) is 25.7 Å². The molecule has 0 N–H and O–H groups in total. The SMILES string of the molecule is Cc1c(Oc2cc(F)cc(C#N)c2)ccc2c1S(=O)(=O)N(C)C2=O. The molecule has 6 nitrogen and oxygen atoms in total. The van der Waals surface area contributed by atoms with E-state index < -0.39 is 21.7 Å². The largest absolute Gasteiger partial charge is 0.457 e. The van der Waals surface area contributed by atoms with Crippen molar-refractivity contribution in [1.82, 2.24) is 4.31 Å². The first-order chi connectivity index (χ1) is 11.3. The molecule has 1 aliphatic heterocycles. The predicted molar refractivity (Wildman–Crippen MR) is 81.6 cm³/mol. The van der Waals surface area contributed by atoms with E-state index in [4.69, 9.17) is 10.00 Å². The maximum atomic E-state index is 13.5. The van der Waals surface area contributed by atoms with E-state index >= 15 is 0 Å². The number of ether oxygens (including phenoxy) is 1. The van der Waals surface area contributed by atoms with E-state index in [1.54, 1.807) is 0 Å². The van der Waals surface area contributed by atoms with Crippen LogP contribution in [0.5, 0.6) is 11.5 Å². The number of amides is 1. The first kappa shape index (κ1) is 16.0. The first-order valence-electron chi connectivity index (χ1n) is 6.81. The smallest absolute Gasteiger partial charge is 0.268 e. The summed E-state index contributed by atoms with van der Waals surface area (Å²) in [5.41, 5.74) is 0.388. The van der Waals surface area contributed by atoms with Gasteiger partial charge < -0.3 is 4.74 Å². The van der Waals surface area contributed by atoms with Crippen molar-refractivity contribution in [2.75, 3.05) is 7.05 Å².